The van der Waals surface area contributed by atoms with Gasteiger partial charge in [-0.05, 0) is 39.2 Å². The van der Waals surface area contributed by atoms with Crippen LogP contribution in [0.4, 0.5) is 9.80 Å². The summed E-state index contributed by atoms with van der Waals surface area (Å²) in [6, 6.07) is 2.09. The summed E-state index contributed by atoms with van der Waals surface area (Å²) in [5, 5.41) is 17.0. The number of carbonyl (C=O) groups is 2. The molecule has 0 aromatic carbocycles. The highest BCUT2D eigenvalue weighted by Crippen LogP contribution is 2.22. The Morgan fingerprint density at radius 3 is 2.54 bits per heavy atom. The van der Waals surface area contributed by atoms with Crippen molar-refractivity contribution in [3.8, 4) is 0 Å². The van der Waals surface area contributed by atoms with Gasteiger partial charge in [0.05, 0.1) is 16.0 Å². The van der Waals surface area contributed by atoms with Gasteiger partial charge in [-0.15, -0.1) is 0 Å². The van der Waals surface area contributed by atoms with Crippen LogP contribution in [0.2, 0.25) is 0 Å². The fourth-order valence-corrected chi connectivity index (χ4v) is 2.59. The van der Waals surface area contributed by atoms with Gasteiger partial charge in [0, 0.05) is 6.07 Å². The summed E-state index contributed by atoms with van der Waals surface area (Å²) in [6.45, 7) is 9.04. The second-order valence-corrected chi connectivity index (χ2v) is 8.09. The van der Waals surface area contributed by atoms with Crippen LogP contribution in [-0.4, -0.2) is 34.8 Å². The first kappa shape index (κ1) is 21.6. The first-order valence-corrected chi connectivity index (χ1v) is 8.86. The van der Waals surface area contributed by atoms with Gasteiger partial charge < -0.3 is 10.1 Å². The number of nitrogens with one attached hydrogen (secondary N) is 2. The fraction of sp³-hybridized carbons (Fsp3) is 0.562. The zero-order valence-corrected chi connectivity index (χ0v) is 16.3. The van der Waals surface area contributed by atoms with E-state index in [1.165, 1.54) is 18.3 Å². The normalized spacial score (nSPS) is 12.8. The minimum absolute atomic E-state index is 0.0120. The molecule has 0 bridgehead atoms. The number of carbonyl (C=O) groups excluding carboxylic acids is 2. The lowest BCUT2D eigenvalue weighted by Gasteiger charge is -2.23. The average Bonchev–Trinajstić information content (AvgIpc) is 2.93. The molecule has 2 N–H and O–H groups in total. The summed E-state index contributed by atoms with van der Waals surface area (Å²) in [5.41, 5.74) is 1.67. The monoisotopic (exact) mass is 384 g/mol. The van der Waals surface area contributed by atoms with Crippen molar-refractivity contribution in [2.24, 2.45) is 11.0 Å². The van der Waals surface area contributed by atoms with Crippen molar-refractivity contribution in [2.45, 2.75) is 52.7 Å². The predicted molar refractivity (Wildman–Crippen MR) is 99.3 cm³/mol. The Morgan fingerprint density at radius 2 is 2.04 bits per heavy atom. The Hall–Kier alpha value is -2.49. The number of nitrogens with zero attached hydrogens (tertiary/aromatic N) is 2. The number of thiophene rings is 1. The minimum atomic E-state index is -0.806. The molecule has 1 aromatic heterocycles. The molecule has 144 valence electrons. The van der Waals surface area contributed by atoms with Crippen LogP contribution in [0.3, 0.4) is 0 Å². The van der Waals surface area contributed by atoms with Crippen molar-refractivity contribution >= 4 is 34.6 Å². The molecule has 0 spiro atoms. The molecule has 0 unspecified atom stereocenters. The van der Waals surface area contributed by atoms with E-state index >= 15 is 0 Å². The highest BCUT2D eigenvalue weighted by atomic mass is 32.1. The summed E-state index contributed by atoms with van der Waals surface area (Å²) < 4.78 is 5.17. The molecular formula is C16H24N4O5S. The van der Waals surface area contributed by atoms with Gasteiger partial charge in [0.1, 0.15) is 11.6 Å². The molecule has 1 aromatic rings. The molecule has 0 saturated heterocycles. The van der Waals surface area contributed by atoms with Crippen LogP contribution in [0, 0.1) is 16.0 Å². The lowest BCUT2D eigenvalue weighted by Crippen LogP contribution is -2.47. The Bertz CT molecular complexity index is 678. The minimum Gasteiger partial charge on any atom is -0.444 e. The predicted octanol–water partition coefficient (Wildman–Crippen LogP) is 3.05. The highest BCUT2D eigenvalue weighted by molar-refractivity contribution is 7.16. The molecule has 1 atom stereocenters. The van der Waals surface area contributed by atoms with E-state index in [4.69, 9.17) is 4.74 Å². The van der Waals surface area contributed by atoms with Gasteiger partial charge in [0.15, 0.2) is 0 Å². The summed E-state index contributed by atoms with van der Waals surface area (Å²) in [7, 11) is 0. The molecule has 2 amide bonds. The third kappa shape index (κ3) is 8.06. The molecule has 0 fully saturated rings. The van der Waals surface area contributed by atoms with E-state index in [0.717, 1.165) is 11.3 Å². The van der Waals surface area contributed by atoms with Crippen LogP contribution in [0.15, 0.2) is 17.2 Å². The molecule has 1 rings (SSSR count). The molecule has 0 aliphatic rings. The van der Waals surface area contributed by atoms with Crippen molar-refractivity contribution in [2.75, 3.05) is 0 Å². The summed E-state index contributed by atoms with van der Waals surface area (Å²) in [5.74, 6) is -0.337. The van der Waals surface area contributed by atoms with Gasteiger partial charge in [-0.25, -0.2) is 10.2 Å². The van der Waals surface area contributed by atoms with Crippen molar-refractivity contribution in [3.63, 3.8) is 0 Å². The quantitative estimate of drug-likeness (QED) is 0.425. The smallest absolute Gasteiger partial charge is 0.408 e. The van der Waals surface area contributed by atoms with Crippen LogP contribution in [0.5, 0.6) is 0 Å². The fourth-order valence-electron chi connectivity index (χ4n) is 1.90. The van der Waals surface area contributed by atoms with Gasteiger partial charge in [-0.1, -0.05) is 25.2 Å². The van der Waals surface area contributed by atoms with E-state index in [1.807, 2.05) is 13.8 Å². The van der Waals surface area contributed by atoms with Gasteiger partial charge in [0.25, 0.3) is 5.91 Å². The number of ether oxygens (including phenoxy) is 1. The van der Waals surface area contributed by atoms with E-state index in [-0.39, 0.29) is 10.9 Å². The molecule has 0 aliphatic carbocycles. The van der Waals surface area contributed by atoms with E-state index < -0.39 is 28.6 Å². The van der Waals surface area contributed by atoms with Gasteiger partial charge in [0.2, 0.25) is 0 Å². The van der Waals surface area contributed by atoms with E-state index in [9.17, 15) is 19.7 Å². The lowest BCUT2D eigenvalue weighted by atomic mass is 10.0. The van der Waals surface area contributed by atoms with Gasteiger partial charge in [-0.2, -0.15) is 5.10 Å². The second-order valence-electron chi connectivity index (χ2n) is 7.00. The molecule has 0 aliphatic heterocycles. The maximum Gasteiger partial charge on any atom is 0.408 e. The maximum atomic E-state index is 12.3. The zero-order chi connectivity index (χ0) is 19.9. The van der Waals surface area contributed by atoms with Crippen LogP contribution >= 0.6 is 11.3 Å². The summed E-state index contributed by atoms with van der Waals surface area (Å²) >= 11 is 0.939. The Morgan fingerprint density at radius 1 is 1.38 bits per heavy atom. The molecule has 1 heterocycles. The molecule has 26 heavy (non-hydrogen) atoms. The number of hydrazone groups is 1. The molecule has 0 radical (unpaired) electrons. The Balaban J connectivity index is 2.68. The maximum absolute atomic E-state index is 12.3. The number of alkyl carbamates (subject to hydrolysis) is 1. The van der Waals surface area contributed by atoms with Crippen LogP contribution in [0.25, 0.3) is 0 Å². The summed E-state index contributed by atoms with van der Waals surface area (Å²) in [4.78, 5) is 34.9. The number of amides is 2. The van der Waals surface area contributed by atoms with Crippen molar-refractivity contribution in [1.29, 1.82) is 0 Å². The molecule has 10 heteroatoms. The highest BCUT2D eigenvalue weighted by Gasteiger charge is 2.25. The number of rotatable bonds is 7. The Kier molecular flexibility index (Phi) is 7.69. The van der Waals surface area contributed by atoms with Crippen molar-refractivity contribution < 1.29 is 19.2 Å². The first-order valence-electron chi connectivity index (χ1n) is 8.04. The van der Waals surface area contributed by atoms with Gasteiger partial charge in [-0.3, -0.25) is 14.9 Å². The van der Waals surface area contributed by atoms with Crippen molar-refractivity contribution in [1.82, 2.24) is 10.7 Å². The van der Waals surface area contributed by atoms with E-state index in [1.54, 1.807) is 20.8 Å². The Labute approximate surface area is 156 Å². The van der Waals surface area contributed by atoms with Crippen molar-refractivity contribution in [3.05, 3.63) is 27.1 Å². The topological polar surface area (TPSA) is 123 Å². The van der Waals surface area contributed by atoms with E-state index in [0.29, 0.717) is 11.3 Å². The van der Waals surface area contributed by atoms with Crippen LogP contribution < -0.4 is 10.7 Å². The van der Waals surface area contributed by atoms with Gasteiger partial charge >= 0.3 is 11.1 Å². The second kappa shape index (κ2) is 9.27. The largest absolute Gasteiger partial charge is 0.444 e. The molecule has 0 saturated carbocycles. The third-order valence-electron chi connectivity index (χ3n) is 2.87. The summed E-state index contributed by atoms with van der Waals surface area (Å²) in [6.07, 6.45) is 1.04. The lowest BCUT2D eigenvalue weighted by molar-refractivity contribution is -0.380. The number of hydrogen-bond acceptors (Lipinski definition) is 7. The number of nitro groups is 1. The SMILES string of the molecule is CC(C)C[C@H](NC(=O)OC(C)(C)C)C(=O)N/N=C/c1ccc([N+](=O)[O-])s1. The third-order valence-corrected chi connectivity index (χ3v) is 3.85. The van der Waals surface area contributed by atoms with Crippen LogP contribution in [0.1, 0.15) is 45.9 Å². The first-order chi connectivity index (χ1) is 12.0. The van der Waals surface area contributed by atoms with E-state index in [2.05, 4.69) is 15.8 Å². The zero-order valence-electron chi connectivity index (χ0n) is 15.4. The standard InChI is InChI=1S/C16H24N4O5S/c1-10(2)8-12(18-15(22)25-16(3,4)5)14(21)19-17-9-11-6-7-13(26-11)20(23)24/h6-7,9-10,12H,8H2,1-5H3,(H,18,22)(H,19,21)/b17-9+/t12-/m0/s1. The number of hydrogen-bond donors (Lipinski definition) is 2. The van der Waals surface area contributed by atoms with Crippen LogP contribution in [-0.2, 0) is 9.53 Å². The average molecular weight is 384 g/mol. The molecule has 9 nitrogen and oxygen atoms in total. The molecular weight excluding hydrogens is 360 g/mol.